The Kier molecular flexibility index (Phi) is 6.63. The molecule has 0 aromatic heterocycles. The van der Waals surface area contributed by atoms with Gasteiger partial charge in [0.25, 0.3) is 0 Å². The van der Waals surface area contributed by atoms with Gasteiger partial charge in [-0.3, -0.25) is 0 Å². The predicted octanol–water partition coefficient (Wildman–Crippen LogP) is 3.26. The minimum absolute atomic E-state index is 0.196. The lowest BCUT2D eigenvalue weighted by Gasteiger charge is -2.18. The maximum Gasteiger partial charge on any atom is 0.339 e. The van der Waals surface area contributed by atoms with E-state index in [0.717, 1.165) is 5.56 Å². The van der Waals surface area contributed by atoms with Crippen LogP contribution in [-0.2, 0) is 16.1 Å². The molecule has 2 aromatic rings. The molecule has 1 unspecified atom stereocenters. The number of ether oxygens (including phenoxy) is 3. The molecular formula is C19H22O5. The number of hydrogen-bond donors (Lipinski definition) is 1. The van der Waals surface area contributed by atoms with Crippen LogP contribution in [0.4, 0.5) is 0 Å². The Morgan fingerprint density at radius 1 is 1.00 bits per heavy atom. The lowest BCUT2D eigenvalue weighted by atomic mass is 10.1. The number of hydrogen-bond acceptors (Lipinski definition) is 5. The molecule has 5 heteroatoms. The summed E-state index contributed by atoms with van der Waals surface area (Å²) in [5.74, 6) is 0.119. The molecule has 128 valence electrons. The van der Waals surface area contributed by atoms with Crippen molar-refractivity contribution in [3.8, 4) is 11.5 Å². The highest BCUT2D eigenvalue weighted by molar-refractivity contribution is 5.77. The Balaban J connectivity index is 2.29. The van der Waals surface area contributed by atoms with Gasteiger partial charge < -0.3 is 19.3 Å². The van der Waals surface area contributed by atoms with Gasteiger partial charge in [0.2, 0.25) is 0 Å². The second kappa shape index (κ2) is 8.93. The van der Waals surface area contributed by atoms with Crippen molar-refractivity contribution in [2.75, 3.05) is 13.2 Å². The van der Waals surface area contributed by atoms with Crippen LogP contribution in [0.2, 0.25) is 0 Å². The van der Waals surface area contributed by atoms with Crippen LogP contribution < -0.4 is 9.47 Å². The number of benzene rings is 2. The maximum absolute atomic E-state index is 11.9. The number of aliphatic hydroxyl groups is 1. The van der Waals surface area contributed by atoms with Crippen molar-refractivity contribution >= 4 is 5.97 Å². The summed E-state index contributed by atoms with van der Waals surface area (Å²) in [6.07, 6.45) is -1.42. The van der Waals surface area contributed by atoms with Gasteiger partial charge in [0.15, 0.2) is 17.6 Å². The molecule has 1 N–H and O–H groups in total. The van der Waals surface area contributed by atoms with Crippen LogP contribution >= 0.6 is 0 Å². The molecule has 0 saturated carbocycles. The van der Waals surface area contributed by atoms with Gasteiger partial charge in [-0.25, -0.2) is 4.79 Å². The quantitative estimate of drug-likeness (QED) is 0.753. The fourth-order valence-corrected chi connectivity index (χ4v) is 2.25. The first-order chi connectivity index (χ1) is 11.7. The average molecular weight is 330 g/mol. The van der Waals surface area contributed by atoms with E-state index < -0.39 is 12.1 Å². The van der Waals surface area contributed by atoms with Gasteiger partial charge in [-0.05, 0) is 25.5 Å². The summed E-state index contributed by atoms with van der Waals surface area (Å²) >= 11 is 0. The zero-order chi connectivity index (χ0) is 17.4. The van der Waals surface area contributed by atoms with Crippen LogP contribution in [-0.4, -0.2) is 24.3 Å². The van der Waals surface area contributed by atoms with Gasteiger partial charge in [-0.2, -0.15) is 0 Å². The highest BCUT2D eigenvalue weighted by atomic mass is 16.5. The molecule has 5 nitrogen and oxygen atoms in total. The largest absolute Gasteiger partial charge is 0.490 e. The van der Waals surface area contributed by atoms with E-state index in [9.17, 15) is 9.90 Å². The van der Waals surface area contributed by atoms with Crippen molar-refractivity contribution < 1.29 is 24.1 Å². The van der Waals surface area contributed by atoms with E-state index in [-0.39, 0.29) is 6.61 Å². The molecule has 0 amide bonds. The first kappa shape index (κ1) is 17.8. The van der Waals surface area contributed by atoms with Crippen LogP contribution in [0.15, 0.2) is 48.5 Å². The fourth-order valence-electron chi connectivity index (χ4n) is 2.25. The second-order valence-corrected chi connectivity index (χ2v) is 5.04. The molecule has 0 spiro atoms. The van der Waals surface area contributed by atoms with Gasteiger partial charge in [-0.1, -0.05) is 42.5 Å². The van der Waals surface area contributed by atoms with E-state index in [1.807, 2.05) is 37.3 Å². The van der Waals surface area contributed by atoms with Crippen molar-refractivity contribution in [1.82, 2.24) is 0 Å². The average Bonchev–Trinajstić information content (AvgIpc) is 2.61. The molecule has 2 aromatic carbocycles. The van der Waals surface area contributed by atoms with Crippen LogP contribution in [0.3, 0.4) is 0 Å². The Bertz CT molecular complexity index is 654. The number of rotatable bonds is 8. The molecule has 0 bridgehead atoms. The normalized spacial score (nSPS) is 11.6. The molecule has 0 aliphatic rings. The van der Waals surface area contributed by atoms with Crippen LogP contribution in [0.25, 0.3) is 0 Å². The number of aliphatic hydroxyl groups excluding tert-OH is 1. The number of carbonyl (C=O) groups is 1. The lowest BCUT2D eigenvalue weighted by Crippen LogP contribution is -2.17. The van der Waals surface area contributed by atoms with Gasteiger partial charge in [-0.15, -0.1) is 0 Å². The topological polar surface area (TPSA) is 65.0 Å². The van der Waals surface area contributed by atoms with E-state index in [4.69, 9.17) is 14.2 Å². The molecule has 0 fully saturated rings. The molecular weight excluding hydrogens is 308 g/mol. The highest BCUT2D eigenvalue weighted by Crippen LogP contribution is 2.36. The predicted molar refractivity (Wildman–Crippen MR) is 90.0 cm³/mol. The summed E-state index contributed by atoms with van der Waals surface area (Å²) < 4.78 is 16.3. The third-order valence-corrected chi connectivity index (χ3v) is 3.34. The third kappa shape index (κ3) is 4.49. The SMILES string of the molecule is CCOC(=O)C(O)c1cccc(OCC)c1OCc1ccccc1. The molecule has 2 rings (SSSR count). The van der Waals surface area contributed by atoms with Gasteiger partial charge in [0.1, 0.15) is 6.61 Å². The van der Waals surface area contributed by atoms with Crippen LogP contribution in [0, 0.1) is 0 Å². The van der Waals surface area contributed by atoms with Crippen molar-refractivity contribution in [2.24, 2.45) is 0 Å². The summed E-state index contributed by atoms with van der Waals surface area (Å²) in [4.78, 5) is 11.9. The monoisotopic (exact) mass is 330 g/mol. The molecule has 1 atom stereocenters. The first-order valence-corrected chi connectivity index (χ1v) is 7.94. The Morgan fingerprint density at radius 3 is 2.42 bits per heavy atom. The summed E-state index contributed by atoms with van der Waals surface area (Å²) in [5, 5.41) is 10.3. The van der Waals surface area contributed by atoms with E-state index in [0.29, 0.717) is 30.3 Å². The summed E-state index contributed by atoms with van der Waals surface area (Å²) in [6, 6.07) is 14.7. The maximum atomic E-state index is 11.9. The second-order valence-electron chi connectivity index (χ2n) is 5.04. The number of carbonyl (C=O) groups excluding carboxylic acids is 1. The summed E-state index contributed by atoms with van der Waals surface area (Å²) in [5.41, 5.74) is 1.30. The number of para-hydroxylation sites is 1. The zero-order valence-corrected chi connectivity index (χ0v) is 13.9. The van der Waals surface area contributed by atoms with Crippen LogP contribution in [0.1, 0.15) is 31.1 Å². The standard InChI is InChI=1S/C19H22O5/c1-3-22-16-12-8-11-15(17(20)19(21)23-4-2)18(16)24-13-14-9-6-5-7-10-14/h5-12,17,20H,3-4,13H2,1-2H3. The minimum Gasteiger partial charge on any atom is -0.490 e. The summed E-state index contributed by atoms with van der Waals surface area (Å²) in [6.45, 7) is 4.48. The van der Waals surface area contributed by atoms with Crippen molar-refractivity contribution in [3.63, 3.8) is 0 Å². The number of esters is 1. The van der Waals surface area contributed by atoms with Gasteiger partial charge in [0.05, 0.1) is 13.2 Å². The molecule has 0 heterocycles. The van der Waals surface area contributed by atoms with E-state index in [1.54, 1.807) is 25.1 Å². The van der Waals surface area contributed by atoms with Gasteiger partial charge in [0, 0.05) is 5.56 Å². The molecule has 0 saturated heterocycles. The van der Waals surface area contributed by atoms with Crippen molar-refractivity contribution in [2.45, 2.75) is 26.6 Å². The molecule has 0 aliphatic heterocycles. The molecule has 0 aliphatic carbocycles. The van der Waals surface area contributed by atoms with Crippen molar-refractivity contribution in [1.29, 1.82) is 0 Å². The Hall–Kier alpha value is -2.53. The zero-order valence-electron chi connectivity index (χ0n) is 13.9. The van der Waals surface area contributed by atoms with Gasteiger partial charge >= 0.3 is 5.97 Å². The molecule has 0 radical (unpaired) electrons. The third-order valence-electron chi connectivity index (χ3n) is 3.34. The summed E-state index contributed by atoms with van der Waals surface area (Å²) in [7, 11) is 0. The fraction of sp³-hybridized carbons (Fsp3) is 0.316. The Labute approximate surface area is 141 Å². The molecule has 24 heavy (non-hydrogen) atoms. The smallest absolute Gasteiger partial charge is 0.339 e. The Morgan fingerprint density at radius 2 is 1.75 bits per heavy atom. The van der Waals surface area contributed by atoms with E-state index >= 15 is 0 Å². The highest BCUT2D eigenvalue weighted by Gasteiger charge is 2.25. The van der Waals surface area contributed by atoms with Crippen LogP contribution in [0.5, 0.6) is 11.5 Å². The minimum atomic E-state index is -1.42. The lowest BCUT2D eigenvalue weighted by molar-refractivity contribution is -0.153. The van der Waals surface area contributed by atoms with Crippen molar-refractivity contribution in [3.05, 3.63) is 59.7 Å². The first-order valence-electron chi connectivity index (χ1n) is 7.94. The van der Waals surface area contributed by atoms with E-state index in [2.05, 4.69) is 0 Å². The van der Waals surface area contributed by atoms with E-state index in [1.165, 1.54) is 0 Å².